The molecular formula is C17H18O2. The van der Waals surface area contributed by atoms with E-state index in [-0.39, 0.29) is 0 Å². The molecule has 2 aromatic carbocycles. The molecule has 2 heteroatoms. The molecule has 0 spiro atoms. The molecule has 0 heterocycles. The molecule has 0 aliphatic rings. The van der Waals surface area contributed by atoms with Gasteiger partial charge in [0.1, 0.15) is 5.75 Å². The van der Waals surface area contributed by atoms with Crippen LogP contribution in [-0.4, -0.2) is 12.9 Å². The molecule has 0 radical (unpaired) electrons. The first-order valence-electron chi connectivity index (χ1n) is 6.53. The van der Waals surface area contributed by atoms with Crippen molar-refractivity contribution in [2.75, 3.05) is 6.61 Å². The summed E-state index contributed by atoms with van der Waals surface area (Å²) in [5.41, 5.74) is 3.87. The van der Waals surface area contributed by atoms with Gasteiger partial charge in [-0.15, -0.1) is 0 Å². The van der Waals surface area contributed by atoms with Crippen LogP contribution in [0.15, 0.2) is 42.5 Å². The molecule has 0 aliphatic heterocycles. The monoisotopic (exact) mass is 254 g/mol. The van der Waals surface area contributed by atoms with Gasteiger partial charge in [0, 0.05) is 5.56 Å². The van der Waals surface area contributed by atoms with Crippen LogP contribution >= 0.6 is 0 Å². The SMILES string of the molecule is CCCOc1ccc(-c2cc(C)ccc2C=O)cc1. The van der Waals surface area contributed by atoms with Crippen molar-refractivity contribution in [3.05, 3.63) is 53.6 Å². The van der Waals surface area contributed by atoms with Crippen molar-refractivity contribution in [1.82, 2.24) is 0 Å². The summed E-state index contributed by atoms with van der Waals surface area (Å²) >= 11 is 0. The van der Waals surface area contributed by atoms with Gasteiger partial charge in [0.05, 0.1) is 6.61 Å². The van der Waals surface area contributed by atoms with Crippen LogP contribution in [0.3, 0.4) is 0 Å². The lowest BCUT2D eigenvalue weighted by molar-refractivity contribution is 0.112. The first kappa shape index (κ1) is 13.3. The molecule has 0 saturated heterocycles. The second kappa shape index (κ2) is 6.19. The van der Waals surface area contributed by atoms with Crippen LogP contribution in [0.4, 0.5) is 0 Å². The van der Waals surface area contributed by atoms with Crippen LogP contribution in [0, 0.1) is 6.92 Å². The maximum Gasteiger partial charge on any atom is 0.150 e. The van der Waals surface area contributed by atoms with E-state index in [1.165, 1.54) is 0 Å². The standard InChI is InChI=1S/C17H18O2/c1-3-10-19-16-8-6-14(7-9-16)17-11-13(2)4-5-15(17)12-18/h4-9,11-12H,3,10H2,1-2H3. The van der Waals surface area contributed by atoms with E-state index < -0.39 is 0 Å². The summed E-state index contributed by atoms with van der Waals surface area (Å²) < 4.78 is 5.56. The minimum atomic E-state index is 0.716. The van der Waals surface area contributed by atoms with Crippen molar-refractivity contribution < 1.29 is 9.53 Å². The van der Waals surface area contributed by atoms with Gasteiger partial charge in [-0.2, -0.15) is 0 Å². The average molecular weight is 254 g/mol. The molecular weight excluding hydrogens is 236 g/mol. The van der Waals surface area contributed by atoms with Gasteiger partial charge < -0.3 is 4.74 Å². The van der Waals surface area contributed by atoms with Gasteiger partial charge in [0.15, 0.2) is 6.29 Å². The lowest BCUT2D eigenvalue weighted by Gasteiger charge is -2.08. The van der Waals surface area contributed by atoms with Gasteiger partial charge in [-0.1, -0.05) is 42.8 Å². The van der Waals surface area contributed by atoms with Crippen molar-refractivity contribution in [2.45, 2.75) is 20.3 Å². The fourth-order valence-corrected chi connectivity index (χ4v) is 1.97. The fourth-order valence-electron chi connectivity index (χ4n) is 1.97. The van der Waals surface area contributed by atoms with Gasteiger partial charge in [0.25, 0.3) is 0 Å². The van der Waals surface area contributed by atoms with E-state index in [1.807, 2.05) is 49.4 Å². The van der Waals surface area contributed by atoms with E-state index in [4.69, 9.17) is 4.74 Å². The van der Waals surface area contributed by atoms with Crippen LogP contribution in [0.2, 0.25) is 0 Å². The fraction of sp³-hybridized carbons (Fsp3) is 0.235. The predicted octanol–water partition coefficient (Wildman–Crippen LogP) is 4.26. The molecule has 0 aliphatic carbocycles. The summed E-state index contributed by atoms with van der Waals surface area (Å²) in [7, 11) is 0. The molecule has 0 saturated carbocycles. The molecule has 0 bridgehead atoms. The minimum Gasteiger partial charge on any atom is -0.494 e. The Balaban J connectivity index is 2.31. The van der Waals surface area contributed by atoms with Crippen LogP contribution in [-0.2, 0) is 0 Å². The Hall–Kier alpha value is -2.09. The quantitative estimate of drug-likeness (QED) is 0.745. The highest BCUT2D eigenvalue weighted by molar-refractivity contribution is 5.87. The largest absolute Gasteiger partial charge is 0.494 e. The molecule has 2 nitrogen and oxygen atoms in total. The molecule has 0 aromatic heterocycles. The number of carbonyl (C=O) groups is 1. The number of carbonyl (C=O) groups excluding carboxylic acids is 1. The number of aryl methyl sites for hydroxylation is 1. The van der Waals surface area contributed by atoms with Crippen molar-refractivity contribution in [1.29, 1.82) is 0 Å². The van der Waals surface area contributed by atoms with Crippen LogP contribution in [0.5, 0.6) is 5.75 Å². The van der Waals surface area contributed by atoms with Crippen molar-refractivity contribution >= 4 is 6.29 Å². The van der Waals surface area contributed by atoms with E-state index in [9.17, 15) is 4.79 Å². The highest BCUT2D eigenvalue weighted by atomic mass is 16.5. The maximum absolute atomic E-state index is 11.1. The van der Waals surface area contributed by atoms with Crippen molar-refractivity contribution in [3.63, 3.8) is 0 Å². The Labute approximate surface area is 114 Å². The molecule has 19 heavy (non-hydrogen) atoms. The number of aldehydes is 1. The third-order valence-electron chi connectivity index (χ3n) is 2.97. The zero-order valence-corrected chi connectivity index (χ0v) is 11.3. The predicted molar refractivity (Wildman–Crippen MR) is 77.8 cm³/mol. The maximum atomic E-state index is 11.1. The molecule has 0 amide bonds. The van der Waals surface area contributed by atoms with Gasteiger partial charge in [-0.05, 0) is 36.6 Å². The van der Waals surface area contributed by atoms with E-state index >= 15 is 0 Å². The van der Waals surface area contributed by atoms with Gasteiger partial charge in [0.2, 0.25) is 0 Å². The highest BCUT2D eigenvalue weighted by Gasteiger charge is 2.05. The van der Waals surface area contributed by atoms with Gasteiger partial charge >= 0.3 is 0 Å². The Kier molecular flexibility index (Phi) is 4.35. The number of benzene rings is 2. The van der Waals surface area contributed by atoms with Gasteiger partial charge in [-0.3, -0.25) is 4.79 Å². The second-order valence-corrected chi connectivity index (χ2v) is 4.58. The summed E-state index contributed by atoms with van der Waals surface area (Å²) in [6.07, 6.45) is 1.89. The number of hydrogen-bond acceptors (Lipinski definition) is 2. The molecule has 98 valence electrons. The summed E-state index contributed by atoms with van der Waals surface area (Å²) in [6, 6.07) is 13.7. The van der Waals surface area contributed by atoms with Crippen molar-refractivity contribution in [2.24, 2.45) is 0 Å². The third kappa shape index (κ3) is 3.22. The third-order valence-corrected chi connectivity index (χ3v) is 2.97. The Bertz CT molecular complexity index is 556. The lowest BCUT2D eigenvalue weighted by Crippen LogP contribution is -1.94. The normalized spacial score (nSPS) is 10.2. The Morgan fingerprint density at radius 3 is 2.47 bits per heavy atom. The van der Waals surface area contributed by atoms with E-state index in [0.717, 1.165) is 41.8 Å². The topological polar surface area (TPSA) is 26.3 Å². The zero-order valence-electron chi connectivity index (χ0n) is 11.3. The smallest absolute Gasteiger partial charge is 0.150 e. The lowest BCUT2D eigenvalue weighted by atomic mass is 9.98. The highest BCUT2D eigenvalue weighted by Crippen LogP contribution is 2.26. The average Bonchev–Trinajstić information content (AvgIpc) is 2.45. The summed E-state index contributed by atoms with van der Waals surface area (Å²) in [6.45, 7) is 4.83. The van der Waals surface area contributed by atoms with Crippen LogP contribution in [0.25, 0.3) is 11.1 Å². The molecule has 0 N–H and O–H groups in total. The molecule has 0 fully saturated rings. The number of hydrogen-bond donors (Lipinski definition) is 0. The van der Waals surface area contributed by atoms with E-state index in [1.54, 1.807) is 0 Å². The minimum absolute atomic E-state index is 0.716. The molecule has 0 unspecified atom stereocenters. The van der Waals surface area contributed by atoms with E-state index in [2.05, 4.69) is 6.92 Å². The number of ether oxygens (including phenoxy) is 1. The first-order valence-corrected chi connectivity index (χ1v) is 6.53. The van der Waals surface area contributed by atoms with Crippen LogP contribution < -0.4 is 4.74 Å². The Morgan fingerprint density at radius 1 is 1.11 bits per heavy atom. The summed E-state index contributed by atoms with van der Waals surface area (Å²) in [4.78, 5) is 11.1. The molecule has 0 atom stereocenters. The summed E-state index contributed by atoms with van der Waals surface area (Å²) in [5.74, 6) is 0.867. The van der Waals surface area contributed by atoms with Crippen molar-refractivity contribution in [3.8, 4) is 16.9 Å². The molecule has 2 aromatic rings. The van der Waals surface area contributed by atoms with Crippen LogP contribution in [0.1, 0.15) is 29.3 Å². The molecule has 2 rings (SSSR count). The van der Waals surface area contributed by atoms with Gasteiger partial charge in [-0.25, -0.2) is 0 Å². The number of rotatable bonds is 5. The summed E-state index contributed by atoms with van der Waals surface area (Å²) in [5, 5.41) is 0. The second-order valence-electron chi connectivity index (χ2n) is 4.58. The Morgan fingerprint density at radius 2 is 1.84 bits per heavy atom. The zero-order chi connectivity index (χ0) is 13.7. The van der Waals surface area contributed by atoms with E-state index in [0.29, 0.717) is 5.56 Å². The first-order chi connectivity index (χ1) is 9.24.